The molecule has 0 aliphatic heterocycles. The Morgan fingerprint density at radius 2 is 1.92 bits per heavy atom. The molecule has 0 bridgehead atoms. The lowest BCUT2D eigenvalue weighted by molar-refractivity contribution is 0.107. The van der Waals surface area contributed by atoms with Crippen molar-refractivity contribution < 1.29 is 13.5 Å². The lowest BCUT2D eigenvalue weighted by Crippen LogP contribution is -2.24. The molecule has 1 unspecified atom stereocenters. The van der Waals surface area contributed by atoms with Crippen molar-refractivity contribution in [2.24, 2.45) is 11.1 Å². The van der Waals surface area contributed by atoms with Gasteiger partial charge in [-0.25, -0.2) is 13.6 Å². The van der Waals surface area contributed by atoms with E-state index >= 15 is 0 Å². The molecule has 1 fully saturated rings. The van der Waals surface area contributed by atoms with Gasteiger partial charge in [0.25, 0.3) is 0 Å². The van der Waals surface area contributed by atoms with Crippen LogP contribution in [-0.4, -0.2) is 25.4 Å². The SMILES string of the molecule is NS(=O)(=O)CCC(O)C1CCCC1. The van der Waals surface area contributed by atoms with Crippen molar-refractivity contribution in [1.29, 1.82) is 0 Å². The second kappa shape index (κ2) is 4.39. The van der Waals surface area contributed by atoms with Gasteiger partial charge in [-0.2, -0.15) is 0 Å². The van der Waals surface area contributed by atoms with Crippen LogP contribution >= 0.6 is 0 Å². The maximum atomic E-state index is 10.6. The van der Waals surface area contributed by atoms with E-state index in [1.54, 1.807) is 0 Å². The topological polar surface area (TPSA) is 80.4 Å². The minimum Gasteiger partial charge on any atom is -0.393 e. The average molecular weight is 207 g/mol. The second-order valence-electron chi connectivity index (χ2n) is 3.77. The largest absolute Gasteiger partial charge is 0.393 e. The molecule has 78 valence electrons. The number of nitrogens with two attached hydrogens (primary N) is 1. The van der Waals surface area contributed by atoms with Crippen LogP contribution in [0.1, 0.15) is 32.1 Å². The maximum absolute atomic E-state index is 10.6. The van der Waals surface area contributed by atoms with Crippen molar-refractivity contribution in [2.45, 2.75) is 38.2 Å². The molecule has 5 heteroatoms. The maximum Gasteiger partial charge on any atom is 0.209 e. The first-order chi connectivity index (χ1) is 5.99. The van der Waals surface area contributed by atoms with Crippen LogP contribution < -0.4 is 5.14 Å². The Balaban J connectivity index is 2.28. The van der Waals surface area contributed by atoms with Crippen molar-refractivity contribution in [2.75, 3.05) is 5.75 Å². The number of sulfonamides is 1. The van der Waals surface area contributed by atoms with Crippen LogP contribution in [0, 0.1) is 5.92 Å². The van der Waals surface area contributed by atoms with Gasteiger partial charge in [-0.05, 0) is 25.2 Å². The molecule has 1 saturated carbocycles. The van der Waals surface area contributed by atoms with E-state index < -0.39 is 16.1 Å². The fourth-order valence-electron chi connectivity index (χ4n) is 1.86. The summed E-state index contributed by atoms with van der Waals surface area (Å²) in [4.78, 5) is 0. The Hall–Kier alpha value is -0.130. The summed E-state index contributed by atoms with van der Waals surface area (Å²) in [6, 6.07) is 0. The van der Waals surface area contributed by atoms with E-state index in [4.69, 9.17) is 5.14 Å². The van der Waals surface area contributed by atoms with Gasteiger partial charge in [0.1, 0.15) is 0 Å². The van der Waals surface area contributed by atoms with Gasteiger partial charge in [0.15, 0.2) is 0 Å². The number of hydrogen-bond acceptors (Lipinski definition) is 3. The summed E-state index contributed by atoms with van der Waals surface area (Å²) in [5.41, 5.74) is 0. The van der Waals surface area contributed by atoms with Gasteiger partial charge >= 0.3 is 0 Å². The van der Waals surface area contributed by atoms with Crippen LogP contribution in [0.25, 0.3) is 0 Å². The zero-order valence-electron chi connectivity index (χ0n) is 7.65. The molecule has 0 aromatic rings. The Labute approximate surface area is 79.2 Å². The van der Waals surface area contributed by atoms with Crippen LogP contribution in [0.4, 0.5) is 0 Å². The van der Waals surface area contributed by atoms with Gasteiger partial charge in [0.05, 0.1) is 11.9 Å². The summed E-state index contributed by atoms with van der Waals surface area (Å²) in [7, 11) is -3.41. The van der Waals surface area contributed by atoms with Crippen LogP contribution in [-0.2, 0) is 10.0 Å². The highest BCUT2D eigenvalue weighted by Crippen LogP contribution is 2.28. The fraction of sp³-hybridized carbons (Fsp3) is 1.00. The molecule has 1 aliphatic rings. The van der Waals surface area contributed by atoms with Crippen molar-refractivity contribution in [3.8, 4) is 0 Å². The highest BCUT2D eigenvalue weighted by Gasteiger charge is 2.23. The molecule has 0 amide bonds. The number of aliphatic hydroxyl groups is 1. The van der Waals surface area contributed by atoms with Gasteiger partial charge in [-0.15, -0.1) is 0 Å². The molecule has 0 spiro atoms. The molecule has 0 aromatic carbocycles. The smallest absolute Gasteiger partial charge is 0.209 e. The van der Waals surface area contributed by atoms with Gasteiger partial charge in [0.2, 0.25) is 10.0 Å². The molecular formula is C8H17NO3S. The Morgan fingerprint density at radius 3 is 2.38 bits per heavy atom. The number of aliphatic hydroxyl groups excluding tert-OH is 1. The normalized spacial score (nSPS) is 22.0. The summed E-state index contributed by atoms with van der Waals surface area (Å²) in [5, 5.41) is 14.4. The third-order valence-corrected chi connectivity index (χ3v) is 3.45. The van der Waals surface area contributed by atoms with Gasteiger partial charge in [-0.3, -0.25) is 0 Å². The molecule has 1 rings (SSSR count). The fourth-order valence-corrected chi connectivity index (χ4v) is 2.43. The summed E-state index contributed by atoms with van der Waals surface area (Å²) in [6.45, 7) is 0. The van der Waals surface area contributed by atoms with Gasteiger partial charge < -0.3 is 5.11 Å². The lowest BCUT2D eigenvalue weighted by atomic mass is 9.99. The van der Waals surface area contributed by atoms with Crippen molar-refractivity contribution in [1.82, 2.24) is 0 Å². The second-order valence-corrected chi connectivity index (χ2v) is 5.50. The van der Waals surface area contributed by atoms with E-state index in [0.29, 0.717) is 5.92 Å². The summed E-state index contributed by atoms with van der Waals surface area (Å²) < 4.78 is 21.2. The first-order valence-corrected chi connectivity index (χ1v) is 6.39. The molecule has 1 aliphatic carbocycles. The minimum atomic E-state index is -3.41. The molecular weight excluding hydrogens is 190 g/mol. The van der Waals surface area contributed by atoms with E-state index in [-0.39, 0.29) is 12.2 Å². The number of primary sulfonamides is 1. The van der Waals surface area contributed by atoms with E-state index in [1.807, 2.05) is 0 Å². The standard InChI is InChI=1S/C8H17NO3S/c9-13(11,12)6-5-8(10)7-3-1-2-4-7/h7-8,10H,1-6H2,(H2,9,11,12). The monoisotopic (exact) mass is 207 g/mol. The van der Waals surface area contributed by atoms with Crippen LogP contribution in [0.2, 0.25) is 0 Å². The van der Waals surface area contributed by atoms with Crippen molar-refractivity contribution in [3.05, 3.63) is 0 Å². The first-order valence-electron chi connectivity index (χ1n) is 4.67. The highest BCUT2D eigenvalue weighted by molar-refractivity contribution is 7.89. The Kier molecular flexibility index (Phi) is 3.70. The van der Waals surface area contributed by atoms with Crippen molar-refractivity contribution >= 4 is 10.0 Å². The lowest BCUT2D eigenvalue weighted by Gasteiger charge is -2.16. The van der Waals surface area contributed by atoms with E-state index in [2.05, 4.69) is 0 Å². The van der Waals surface area contributed by atoms with Crippen LogP contribution in [0.5, 0.6) is 0 Å². The Bertz CT molecular complexity index is 244. The van der Waals surface area contributed by atoms with E-state index in [0.717, 1.165) is 25.7 Å². The molecule has 13 heavy (non-hydrogen) atoms. The summed E-state index contributed by atoms with van der Waals surface area (Å²) >= 11 is 0. The minimum absolute atomic E-state index is 0.106. The third-order valence-electron chi connectivity index (χ3n) is 2.64. The number of rotatable bonds is 4. The number of hydrogen-bond donors (Lipinski definition) is 2. The third kappa shape index (κ3) is 4.06. The zero-order valence-corrected chi connectivity index (χ0v) is 8.46. The molecule has 0 aromatic heterocycles. The highest BCUT2D eigenvalue weighted by atomic mass is 32.2. The average Bonchev–Trinajstić information content (AvgIpc) is 2.50. The zero-order chi connectivity index (χ0) is 9.90. The molecule has 0 heterocycles. The quantitative estimate of drug-likeness (QED) is 0.691. The summed E-state index contributed by atoms with van der Waals surface area (Å²) in [5.74, 6) is 0.187. The first kappa shape index (κ1) is 10.9. The molecule has 4 nitrogen and oxygen atoms in total. The van der Waals surface area contributed by atoms with E-state index in [9.17, 15) is 13.5 Å². The summed E-state index contributed by atoms with van der Waals surface area (Å²) in [6.07, 6.45) is 4.13. The molecule has 3 N–H and O–H groups in total. The van der Waals surface area contributed by atoms with Gasteiger partial charge in [-0.1, -0.05) is 12.8 Å². The predicted molar refractivity (Wildman–Crippen MR) is 50.6 cm³/mol. The molecule has 1 atom stereocenters. The van der Waals surface area contributed by atoms with Crippen LogP contribution in [0.15, 0.2) is 0 Å². The van der Waals surface area contributed by atoms with Crippen molar-refractivity contribution in [3.63, 3.8) is 0 Å². The molecule has 0 saturated heterocycles. The van der Waals surface area contributed by atoms with E-state index in [1.165, 1.54) is 0 Å². The molecule has 0 radical (unpaired) electrons. The Morgan fingerprint density at radius 1 is 1.38 bits per heavy atom. The van der Waals surface area contributed by atoms with Crippen LogP contribution in [0.3, 0.4) is 0 Å². The van der Waals surface area contributed by atoms with Gasteiger partial charge in [0, 0.05) is 0 Å². The predicted octanol–water partition coefficient (Wildman–Crippen LogP) is 0.216.